The van der Waals surface area contributed by atoms with Gasteiger partial charge in [0.15, 0.2) is 0 Å². The van der Waals surface area contributed by atoms with E-state index in [2.05, 4.69) is 17.6 Å². The van der Waals surface area contributed by atoms with Gasteiger partial charge in [0.25, 0.3) is 0 Å². The summed E-state index contributed by atoms with van der Waals surface area (Å²) in [6.45, 7) is 2.26. The zero-order valence-corrected chi connectivity index (χ0v) is 15.0. The third-order valence-corrected chi connectivity index (χ3v) is 4.83. The summed E-state index contributed by atoms with van der Waals surface area (Å²) < 4.78 is 0. The van der Waals surface area contributed by atoms with Gasteiger partial charge in [0, 0.05) is 13.0 Å². The normalized spacial score (nSPS) is 26.7. The monoisotopic (exact) mass is 344 g/mol. The Labute approximate surface area is 146 Å². The van der Waals surface area contributed by atoms with Gasteiger partial charge < -0.3 is 26.0 Å². The van der Waals surface area contributed by atoms with Gasteiger partial charge in [-0.25, -0.2) is 0 Å². The summed E-state index contributed by atoms with van der Waals surface area (Å²) in [5.74, 6) is -0.0196. The molecule has 0 radical (unpaired) electrons. The van der Waals surface area contributed by atoms with Crippen LogP contribution in [-0.2, 0) is 4.79 Å². The van der Waals surface area contributed by atoms with E-state index in [1.54, 1.807) is 0 Å². The van der Waals surface area contributed by atoms with Crippen LogP contribution in [0.3, 0.4) is 0 Å². The third-order valence-electron chi connectivity index (χ3n) is 4.83. The van der Waals surface area contributed by atoms with Crippen molar-refractivity contribution in [3.63, 3.8) is 0 Å². The summed E-state index contributed by atoms with van der Waals surface area (Å²) in [6, 6.07) is -0.941. The lowest BCUT2D eigenvalue weighted by Crippen LogP contribution is -2.44. The molecule has 6 heteroatoms. The molecule has 1 aliphatic heterocycles. The van der Waals surface area contributed by atoms with E-state index >= 15 is 0 Å². The SMILES string of the molecule is CCCCCCCCCCCC(=O)NC[C@H]1N[C@H](CO)[C@H](O)[C@@H]1O. The molecular formula is C18H36N2O4. The van der Waals surface area contributed by atoms with E-state index in [9.17, 15) is 15.0 Å². The topological polar surface area (TPSA) is 102 Å². The molecule has 1 aliphatic rings. The first-order valence-electron chi connectivity index (χ1n) is 9.59. The molecule has 0 bridgehead atoms. The quantitative estimate of drug-likeness (QED) is 0.322. The van der Waals surface area contributed by atoms with Gasteiger partial charge in [-0.1, -0.05) is 58.3 Å². The van der Waals surface area contributed by atoms with E-state index in [0.717, 1.165) is 12.8 Å². The van der Waals surface area contributed by atoms with Crippen molar-refractivity contribution in [1.82, 2.24) is 10.6 Å². The van der Waals surface area contributed by atoms with E-state index < -0.39 is 24.3 Å². The molecule has 142 valence electrons. The predicted octanol–water partition coefficient (Wildman–Crippen LogP) is 1.08. The molecular weight excluding hydrogens is 308 g/mol. The first-order valence-corrected chi connectivity index (χ1v) is 9.59. The van der Waals surface area contributed by atoms with E-state index in [-0.39, 0.29) is 19.1 Å². The smallest absolute Gasteiger partial charge is 0.220 e. The summed E-state index contributed by atoms with van der Waals surface area (Å²) in [7, 11) is 0. The fourth-order valence-corrected chi connectivity index (χ4v) is 3.20. The van der Waals surface area contributed by atoms with E-state index in [1.807, 2.05) is 0 Å². The second-order valence-electron chi connectivity index (χ2n) is 6.93. The predicted molar refractivity (Wildman–Crippen MR) is 94.7 cm³/mol. The Morgan fingerprint density at radius 3 is 2.00 bits per heavy atom. The lowest BCUT2D eigenvalue weighted by Gasteiger charge is -2.16. The standard InChI is InChI=1S/C18H36N2O4/c1-2-3-4-5-6-7-8-9-10-11-16(22)19-12-14-17(23)18(24)15(13-21)20-14/h14-15,17-18,20-21,23-24H,2-13H2,1H3,(H,19,22)/t14-,15-,17-,18+/m1/s1. The second-order valence-corrected chi connectivity index (χ2v) is 6.93. The summed E-state index contributed by atoms with van der Waals surface area (Å²) in [5.41, 5.74) is 0. The Hall–Kier alpha value is -0.690. The Balaban J connectivity index is 1.99. The van der Waals surface area contributed by atoms with Crippen molar-refractivity contribution in [3.8, 4) is 0 Å². The molecule has 0 aromatic carbocycles. The van der Waals surface area contributed by atoms with Crippen molar-refractivity contribution in [2.24, 2.45) is 0 Å². The van der Waals surface area contributed by atoms with Crippen molar-refractivity contribution in [2.45, 2.75) is 95.4 Å². The number of amides is 1. The molecule has 1 saturated heterocycles. The van der Waals surface area contributed by atoms with Crippen LogP contribution in [0.1, 0.15) is 71.1 Å². The highest BCUT2D eigenvalue weighted by Crippen LogP contribution is 2.14. The maximum absolute atomic E-state index is 11.8. The first kappa shape index (κ1) is 21.4. The maximum atomic E-state index is 11.8. The molecule has 0 spiro atoms. The molecule has 1 amide bonds. The average Bonchev–Trinajstić information content (AvgIpc) is 2.86. The molecule has 0 saturated carbocycles. The minimum Gasteiger partial charge on any atom is -0.395 e. The molecule has 0 unspecified atom stereocenters. The molecule has 4 atom stereocenters. The largest absolute Gasteiger partial charge is 0.395 e. The molecule has 1 rings (SSSR count). The van der Waals surface area contributed by atoms with Crippen LogP contribution in [0, 0.1) is 0 Å². The third kappa shape index (κ3) is 7.92. The van der Waals surface area contributed by atoms with E-state index in [4.69, 9.17) is 5.11 Å². The molecule has 0 aromatic rings. The van der Waals surface area contributed by atoms with Gasteiger partial charge in [-0.3, -0.25) is 4.79 Å². The van der Waals surface area contributed by atoms with Crippen LogP contribution in [0.2, 0.25) is 0 Å². The van der Waals surface area contributed by atoms with Crippen LogP contribution in [0.4, 0.5) is 0 Å². The lowest BCUT2D eigenvalue weighted by molar-refractivity contribution is -0.121. The summed E-state index contributed by atoms with van der Waals surface area (Å²) in [5, 5.41) is 34.3. The summed E-state index contributed by atoms with van der Waals surface area (Å²) in [6.07, 6.45) is 9.54. The fourth-order valence-electron chi connectivity index (χ4n) is 3.20. The molecule has 0 aromatic heterocycles. The highest BCUT2D eigenvalue weighted by molar-refractivity contribution is 5.75. The zero-order valence-electron chi connectivity index (χ0n) is 15.0. The van der Waals surface area contributed by atoms with Crippen molar-refractivity contribution < 1.29 is 20.1 Å². The summed E-state index contributed by atoms with van der Waals surface area (Å²) >= 11 is 0. The van der Waals surface area contributed by atoms with Gasteiger partial charge in [0.2, 0.25) is 5.91 Å². The Morgan fingerprint density at radius 2 is 1.46 bits per heavy atom. The molecule has 0 aliphatic carbocycles. The lowest BCUT2D eigenvalue weighted by atomic mass is 10.1. The van der Waals surface area contributed by atoms with Crippen molar-refractivity contribution in [1.29, 1.82) is 0 Å². The number of hydrogen-bond acceptors (Lipinski definition) is 5. The second kappa shape index (κ2) is 12.6. The molecule has 24 heavy (non-hydrogen) atoms. The van der Waals surface area contributed by atoms with Crippen LogP contribution >= 0.6 is 0 Å². The first-order chi connectivity index (χ1) is 11.6. The minimum absolute atomic E-state index is 0.0196. The summed E-state index contributed by atoms with van der Waals surface area (Å²) in [4.78, 5) is 11.8. The van der Waals surface area contributed by atoms with Crippen molar-refractivity contribution >= 4 is 5.91 Å². The van der Waals surface area contributed by atoms with Crippen molar-refractivity contribution in [3.05, 3.63) is 0 Å². The van der Waals surface area contributed by atoms with E-state index in [1.165, 1.54) is 44.9 Å². The number of aliphatic hydroxyl groups excluding tert-OH is 3. The average molecular weight is 344 g/mol. The maximum Gasteiger partial charge on any atom is 0.220 e. The Kier molecular flexibility index (Phi) is 11.2. The van der Waals surface area contributed by atoms with Crippen LogP contribution < -0.4 is 10.6 Å². The van der Waals surface area contributed by atoms with Crippen LogP contribution in [0.5, 0.6) is 0 Å². The number of nitrogens with one attached hydrogen (secondary N) is 2. The van der Waals surface area contributed by atoms with Gasteiger partial charge in [0.05, 0.1) is 30.9 Å². The van der Waals surface area contributed by atoms with Gasteiger partial charge in [-0.15, -0.1) is 0 Å². The number of unbranched alkanes of at least 4 members (excludes halogenated alkanes) is 8. The number of aliphatic hydroxyl groups is 3. The molecule has 1 fully saturated rings. The molecule has 1 heterocycles. The van der Waals surface area contributed by atoms with Gasteiger partial charge >= 0.3 is 0 Å². The highest BCUT2D eigenvalue weighted by Gasteiger charge is 2.40. The van der Waals surface area contributed by atoms with Crippen LogP contribution in [0.25, 0.3) is 0 Å². The van der Waals surface area contributed by atoms with Crippen LogP contribution in [-0.4, -0.2) is 58.7 Å². The minimum atomic E-state index is -0.991. The number of rotatable bonds is 13. The Morgan fingerprint density at radius 1 is 0.917 bits per heavy atom. The van der Waals surface area contributed by atoms with E-state index in [0.29, 0.717) is 6.42 Å². The zero-order chi connectivity index (χ0) is 17.8. The molecule has 5 N–H and O–H groups in total. The van der Waals surface area contributed by atoms with Crippen LogP contribution in [0.15, 0.2) is 0 Å². The number of carbonyl (C=O) groups excluding carboxylic acids is 1. The van der Waals surface area contributed by atoms with Gasteiger partial charge in [-0.2, -0.15) is 0 Å². The fraction of sp³-hybridized carbons (Fsp3) is 0.944. The van der Waals surface area contributed by atoms with Gasteiger partial charge in [0.1, 0.15) is 0 Å². The number of hydrogen-bond donors (Lipinski definition) is 5. The van der Waals surface area contributed by atoms with Crippen molar-refractivity contribution in [2.75, 3.05) is 13.2 Å². The highest BCUT2D eigenvalue weighted by atomic mass is 16.3. The Bertz CT molecular complexity index is 341. The number of carbonyl (C=O) groups is 1. The molecule has 6 nitrogen and oxygen atoms in total. The van der Waals surface area contributed by atoms with Gasteiger partial charge in [-0.05, 0) is 6.42 Å².